The van der Waals surface area contributed by atoms with Gasteiger partial charge >= 0.3 is 12.1 Å². The lowest BCUT2D eigenvalue weighted by atomic mass is 9.73. The molecule has 0 aliphatic carbocycles. The van der Waals surface area contributed by atoms with E-state index in [0.29, 0.717) is 10.7 Å². The Morgan fingerprint density at radius 3 is 2.46 bits per heavy atom. The van der Waals surface area contributed by atoms with Crippen molar-refractivity contribution in [3.8, 4) is 0 Å². The number of nitrogens with two attached hydrogens (primary N) is 1. The van der Waals surface area contributed by atoms with Gasteiger partial charge in [-0.15, -0.1) is 0 Å². The molecule has 4 N–H and O–H groups in total. The van der Waals surface area contributed by atoms with Crippen LogP contribution in [-0.2, 0) is 19.1 Å². The number of cyclic esters (lactones) is 1. The van der Waals surface area contributed by atoms with Gasteiger partial charge in [0.15, 0.2) is 0 Å². The molecule has 0 saturated carbocycles. The summed E-state index contributed by atoms with van der Waals surface area (Å²) in [5.74, 6) is -2.97. The Kier molecular flexibility index (Phi) is 13.1. The third-order valence-electron chi connectivity index (χ3n) is 6.74. The zero-order valence-corrected chi connectivity index (χ0v) is 24.1. The Morgan fingerprint density at radius 1 is 1.28 bits per heavy atom. The number of thioether (sulfide) groups is 1. The van der Waals surface area contributed by atoms with E-state index in [1.54, 1.807) is 13.8 Å². The van der Waals surface area contributed by atoms with E-state index in [9.17, 15) is 33.0 Å². The summed E-state index contributed by atoms with van der Waals surface area (Å²) in [5.41, 5.74) is 4.33. The Bertz CT molecular complexity index is 1020. The highest BCUT2D eigenvalue weighted by Gasteiger charge is 2.42. The van der Waals surface area contributed by atoms with Crippen LogP contribution in [0.5, 0.6) is 0 Å². The molecule has 39 heavy (non-hydrogen) atoms. The zero-order valence-electron chi connectivity index (χ0n) is 23.2. The molecule has 7 nitrogen and oxygen atoms in total. The normalized spacial score (nSPS) is 30.6. The Labute approximate surface area is 232 Å². The van der Waals surface area contributed by atoms with Crippen molar-refractivity contribution in [2.45, 2.75) is 78.4 Å². The number of allylic oxidation sites excluding steroid dienone is 3. The number of esters is 1. The minimum absolute atomic E-state index is 0.232. The summed E-state index contributed by atoms with van der Waals surface area (Å²) in [6.07, 6.45) is -4.66. The fourth-order valence-corrected chi connectivity index (χ4v) is 4.40. The maximum atomic E-state index is 13.8. The predicted octanol–water partition coefficient (Wildman–Crippen LogP) is 5.31. The lowest BCUT2D eigenvalue weighted by Crippen LogP contribution is -2.45. The van der Waals surface area contributed by atoms with Crippen LogP contribution >= 0.6 is 11.8 Å². The number of methoxy groups -OCH3 is 1. The van der Waals surface area contributed by atoms with Crippen LogP contribution in [0.1, 0.15) is 53.9 Å². The lowest BCUT2D eigenvalue weighted by Gasteiger charge is -2.34. The van der Waals surface area contributed by atoms with E-state index in [1.165, 1.54) is 51.5 Å². The van der Waals surface area contributed by atoms with Crippen molar-refractivity contribution in [3.05, 3.63) is 58.2 Å². The van der Waals surface area contributed by atoms with Crippen molar-refractivity contribution >= 4 is 23.5 Å². The van der Waals surface area contributed by atoms with E-state index < -0.39 is 71.9 Å². The van der Waals surface area contributed by atoms with Crippen molar-refractivity contribution < 1.29 is 42.4 Å². The SMILES string of the molecule is C=C(OC)S/C=C(N)/C=C(\C)[C@@H]1C/C=C(/C(F)(F)F)C/C=C/[C@H](C)[C@H](O)[C@@H](C)C(=O)C(C)(C)[C@@H](O)CC(=O)O1. The van der Waals surface area contributed by atoms with Crippen LogP contribution in [0.2, 0.25) is 0 Å². The van der Waals surface area contributed by atoms with Gasteiger partial charge in [0.25, 0.3) is 0 Å². The molecule has 5 atom stereocenters. The van der Waals surface area contributed by atoms with Gasteiger partial charge in [-0.2, -0.15) is 13.2 Å². The largest absolute Gasteiger partial charge is 0.491 e. The van der Waals surface area contributed by atoms with E-state index >= 15 is 0 Å². The highest BCUT2D eigenvalue weighted by molar-refractivity contribution is 8.05. The average Bonchev–Trinajstić information content (AvgIpc) is 2.85. The molecule has 0 fully saturated rings. The molecule has 1 heterocycles. The second kappa shape index (κ2) is 14.8. The van der Waals surface area contributed by atoms with Crippen LogP contribution in [0.3, 0.4) is 0 Å². The first-order valence-electron chi connectivity index (χ1n) is 12.5. The Morgan fingerprint density at radius 2 is 1.90 bits per heavy atom. The molecule has 1 rings (SSSR count). The summed E-state index contributed by atoms with van der Waals surface area (Å²) in [5, 5.41) is 23.3. The first kappa shape index (κ1) is 34.5. The predicted molar refractivity (Wildman–Crippen MR) is 146 cm³/mol. The summed E-state index contributed by atoms with van der Waals surface area (Å²) in [6, 6.07) is 0. The van der Waals surface area contributed by atoms with Crippen molar-refractivity contribution in [2.24, 2.45) is 23.0 Å². The van der Waals surface area contributed by atoms with Gasteiger partial charge in [0.2, 0.25) is 0 Å². The number of ether oxygens (including phenoxy) is 2. The van der Waals surface area contributed by atoms with Crippen molar-refractivity contribution in [3.63, 3.8) is 0 Å². The van der Waals surface area contributed by atoms with Gasteiger partial charge in [-0.05, 0) is 31.6 Å². The van der Waals surface area contributed by atoms with Gasteiger partial charge in [0.05, 0.1) is 31.2 Å². The molecule has 0 bridgehead atoms. The molecule has 0 aromatic carbocycles. The second-order valence-corrected chi connectivity index (χ2v) is 11.1. The highest BCUT2D eigenvalue weighted by Crippen LogP contribution is 2.33. The van der Waals surface area contributed by atoms with Crippen LogP contribution in [0.4, 0.5) is 13.2 Å². The molecule has 1 aliphatic heterocycles. The molecular formula is C28H40F3NO6S. The van der Waals surface area contributed by atoms with E-state index in [1.807, 2.05) is 0 Å². The molecule has 0 spiro atoms. The minimum Gasteiger partial charge on any atom is -0.491 e. The molecular weight excluding hydrogens is 535 g/mol. The number of carbonyl (C=O) groups is 2. The quantitative estimate of drug-likeness (QED) is 0.175. The molecule has 1 aliphatic rings. The van der Waals surface area contributed by atoms with Crippen LogP contribution in [0, 0.1) is 17.3 Å². The molecule has 0 unspecified atom stereocenters. The third-order valence-corrected chi connectivity index (χ3v) is 7.56. The number of alkyl halides is 3. The monoisotopic (exact) mass is 575 g/mol. The zero-order chi connectivity index (χ0) is 30.1. The molecule has 0 aromatic rings. The molecule has 0 amide bonds. The number of ketones is 1. The second-order valence-electron chi connectivity index (χ2n) is 10.2. The first-order chi connectivity index (χ1) is 17.9. The molecule has 0 aromatic heterocycles. The van der Waals surface area contributed by atoms with E-state index in [0.717, 1.165) is 17.8 Å². The number of rotatable bonds is 5. The minimum atomic E-state index is -4.65. The van der Waals surface area contributed by atoms with Gasteiger partial charge in [0.1, 0.15) is 17.0 Å². The number of aliphatic hydroxyl groups is 2. The summed E-state index contributed by atoms with van der Waals surface area (Å²) >= 11 is 1.10. The summed E-state index contributed by atoms with van der Waals surface area (Å²) in [4.78, 5) is 25.9. The lowest BCUT2D eigenvalue weighted by molar-refractivity contribution is -0.154. The van der Waals surface area contributed by atoms with Gasteiger partial charge in [-0.3, -0.25) is 9.59 Å². The topological polar surface area (TPSA) is 119 Å². The summed E-state index contributed by atoms with van der Waals surface area (Å²) in [6.45, 7) is 11.2. The van der Waals surface area contributed by atoms with Crippen LogP contribution in [0.25, 0.3) is 0 Å². The van der Waals surface area contributed by atoms with Crippen LogP contribution in [-0.4, -0.2) is 53.6 Å². The van der Waals surface area contributed by atoms with E-state index in [4.69, 9.17) is 15.2 Å². The number of aliphatic hydroxyl groups excluding tert-OH is 2. The smallest absolute Gasteiger partial charge is 0.412 e. The average molecular weight is 576 g/mol. The standard InChI is InChI=1S/C28H40F3NO6S/c1-16-9-8-10-20(28(29,30)31)11-12-22(17(2)13-21(32)15-39-19(4)37-7)38-24(34)14-23(33)27(5,6)26(36)18(3)25(16)35/h8-9,11,13,15-16,18,22-23,25,33,35H,4,10,12,14,32H2,1-3,5-7H3/b9-8+,17-13+,20-11+,21-15-/t16-,18+,22-,23-,25-/m0/s1. The molecule has 0 saturated heterocycles. The van der Waals surface area contributed by atoms with Gasteiger partial charge < -0.3 is 25.4 Å². The van der Waals surface area contributed by atoms with E-state index in [2.05, 4.69) is 6.58 Å². The summed E-state index contributed by atoms with van der Waals surface area (Å²) < 4.78 is 51.8. The van der Waals surface area contributed by atoms with Crippen molar-refractivity contribution in [2.75, 3.05) is 7.11 Å². The Balaban J connectivity index is 3.51. The number of Topliss-reactive ketones (excluding diaryl/α,β-unsaturated/α-hetero) is 1. The summed E-state index contributed by atoms with van der Waals surface area (Å²) in [7, 11) is 1.44. The van der Waals surface area contributed by atoms with Gasteiger partial charge in [0, 0.05) is 34.9 Å². The fourth-order valence-electron chi connectivity index (χ4n) is 3.97. The molecule has 220 valence electrons. The third kappa shape index (κ3) is 10.5. The maximum absolute atomic E-state index is 13.8. The number of hydrogen-bond acceptors (Lipinski definition) is 8. The Hall–Kier alpha value is -2.50. The van der Waals surface area contributed by atoms with Crippen LogP contribution in [0.15, 0.2) is 58.2 Å². The number of hydrogen-bond donors (Lipinski definition) is 3. The van der Waals surface area contributed by atoms with Gasteiger partial charge in [-0.25, -0.2) is 0 Å². The number of halogens is 3. The molecule has 0 radical (unpaired) electrons. The highest BCUT2D eigenvalue weighted by atomic mass is 32.2. The molecule has 11 heteroatoms. The van der Waals surface area contributed by atoms with Gasteiger partial charge in [-0.1, -0.05) is 57.7 Å². The van der Waals surface area contributed by atoms with Crippen molar-refractivity contribution in [1.29, 1.82) is 0 Å². The van der Waals surface area contributed by atoms with Crippen molar-refractivity contribution in [1.82, 2.24) is 0 Å². The first-order valence-corrected chi connectivity index (χ1v) is 13.4. The maximum Gasteiger partial charge on any atom is 0.412 e. The van der Waals surface area contributed by atoms with Crippen LogP contribution < -0.4 is 5.73 Å². The number of carbonyl (C=O) groups excluding carboxylic acids is 2. The fraction of sp³-hybridized carbons (Fsp3) is 0.571. The van der Waals surface area contributed by atoms with E-state index in [-0.39, 0.29) is 12.1 Å².